The van der Waals surface area contributed by atoms with Gasteiger partial charge in [-0.3, -0.25) is 14.8 Å². The van der Waals surface area contributed by atoms with Gasteiger partial charge in [0.25, 0.3) is 5.91 Å². The van der Waals surface area contributed by atoms with Crippen LogP contribution in [0, 0.1) is 11.7 Å². The number of fused-ring (bicyclic) bond motifs is 1. The van der Waals surface area contributed by atoms with E-state index in [4.69, 9.17) is 10.7 Å². The third-order valence-electron chi connectivity index (χ3n) is 6.05. The molecule has 3 N–H and O–H groups in total. The molecule has 0 saturated heterocycles. The molecule has 1 aromatic carbocycles. The van der Waals surface area contributed by atoms with Crippen molar-refractivity contribution in [2.24, 2.45) is 16.6 Å². The van der Waals surface area contributed by atoms with E-state index in [1.165, 1.54) is 30.0 Å². The van der Waals surface area contributed by atoms with Gasteiger partial charge in [-0.2, -0.15) is 13.2 Å². The number of amidine groups is 1. The van der Waals surface area contributed by atoms with E-state index in [2.05, 4.69) is 10.3 Å². The van der Waals surface area contributed by atoms with E-state index in [0.29, 0.717) is 22.9 Å². The van der Waals surface area contributed by atoms with E-state index in [9.17, 15) is 18.0 Å². The zero-order valence-electron chi connectivity index (χ0n) is 17.1. The van der Waals surface area contributed by atoms with Crippen molar-refractivity contribution in [1.29, 1.82) is 0 Å². The molecule has 0 radical (unpaired) electrons. The molecule has 2 aliphatic rings. The molecule has 1 aromatic heterocycles. The van der Waals surface area contributed by atoms with Crippen LogP contribution in [0.5, 0.6) is 0 Å². The smallest absolute Gasteiger partial charge is 0.379 e. The lowest BCUT2D eigenvalue weighted by atomic mass is 9.75. The number of hydrogen-bond acceptors (Lipinski definition) is 5. The highest BCUT2D eigenvalue weighted by Crippen LogP contribution is 2.49. The Balaban J connectivity index is 1.71. The summed E-state index contributed by atoms with van der Waals surface area (Å²) in [6.45, 7) is 0. The van der Waals surface area contributed by atoms with Crippen molar-refractivity contribution in [3.8, 4) is 0 Å². The molecule has 2 heterocycles. The van der Waals surface area contributed by atoms with Gasteiger partial charge in [0, 0.05) is 23.2 Å². The van der Waals surface area contributed by atoms with E-state index >= 15 is 4.39 Å². The summed E-state index contributed by atoms with van der Waals surface area (Å²) < 4.78 is 54.9. The molecule has 2 atom stereocenters. The maximum atomic E-state index is 15.1. The van der Waals surface area contributed by atoms with Crippen molar-refractivity contribution >= 4 is 28.5 Å². The Morgan fingerprint density at radius 3 is 2.81 bits per heavy atom. The van der Waals surface area contributed by atoms with Crippen LogP contribution in [-0.4, -0.2) is 21.8 Å². The minimum absolute atomic E-state index is 0.0790. The minimum atomic E-state index is -4.73. The monoisotopic (exact) mass is 466 g/mol. The van der Waals surface area contributed by atoms with Crippen LogP contribution in [0.2, 0.25) is 0 Å². The van der Waals surface area contributed by atoms with Gasteiger partial charge < -0.3 is 11.1 Å². The number of rotatable bonds is 3. The number of alkyl halides is 3. The molecule has 0 unspecified atom stereocenters. The number of hydrogen-bond donors (Lipinski definition) is 2. The Morgan fingerprint density at radius 2 is 2.03 bits per heavy atom. The van der Waals surface area contributed by atoms with Gasteiger partial charge in [0.2, 0.25) is 0 Å². The van der Waals surface area contributed by atoms with Crippen LogP contribution in [0.25, 0.3) is 0 Å². The molecule has 170 valence electrons. The number of benzene rings is 1. The van der Waals surface area contributed by atoms with Crippen LogP contribution in [0.1, 0.15) is 53.7 Å². The average Bonchev–Trinajstić information content (AvgIpc) is 2.97. The van der Waals surface area contributed by atoms with Crippen molar-refractivity contribution in [2.45, 2.75) is 43.8 Å². The molecule has 10 heteroatoms. The fourth-order valence-corrected chi connectivity index (χ4v) is 5.58. The van der Waals surface area contributed by atoms with Gasteiger partial charge in [-0.25, -0.2) is 4.39 Å². The number of aromatic nitrogens is 1. The molecule has 0 bridgehead atoms. The maximum absolute atomic E-state index is 15.1. The van der Waals surface area contributed by atoms with E-state index in [1.807, 2.05) is 0 Å². The van der Waals surface area contributed by atoms with E-state index in [1.54, 1.807) is 0 Å². The Bertz CT molecular complexity index is 1060. The predicted molar refractivity (Wildman–Crippen MR) is 116 cm³/mol. The van der Waals surface area contributed by atoms with Crippen LogP contribution < -0.4 is 11.1 Å². The number of thioether (sulfide) groups is 1. The fraction of sp³-hybridized carbons (Fsp3) is 0.409. The van der Waals surface area contributed by atoms with Gasteiger partial charge in [-0.15, -0.1) is 0 Å². The van der Waals surface area contributed by atoms with E-state index in [0.717, 1.165) is 44.0 Å². The lowest BCUT2D eigenvalue weighted by Gasteiger charge is -2.40. The second-order valence-electron chi connectivity index (χ2n) is 8.03. The van der Waals surface area contributed by atoms with Crippen LogP contribution in [-0.2, 0) is 11.7 Å². The van der Waals surface area contributed by atoms with E-state index < -0.39 is 34.7 Å². The summed E-state index contributed by atoms with van der Waals surface area (Å²) in [5, 5.41) is 2.83. The van der Waals surface area contributed by atoms with Crippen molar-refractivity contribution < 1.29 is 22.4 Å². The lowest BCUT2D eigenvalue weighted by molar-refractivity contribution is -0.138. The Morgan fingerprint density at radius 1 is 1.22 bits per heavy atom. The number of anilines is 1. The van der Waals surface area contributed by atoms with Crippen molar-refractivity contribution in [3.05, 3.63) is 59.2 Å². The summed E-state index contributed by atoms with van der Waals surface area (Å²) >= 11 is 1.45. The third-order valence-corrected chi connectivity index (χ3v) is 7.00. The number of amides is 1. The quantitative estimate of drug-likeness (QED) is 0.600. The Kier molecular flexibility index (Phi) is 6.15. The summed E-state index contributed by atoms with van der Waals surface area (Å²) in [5.41, 5.74) is 3.78. The molecule has 1 saturated carbocycles. The van der Waals surface area contributed by atoms with Crippen LogP contribution >= 0.6 is 11.8 Å². The summed E-state index contributed by atoms with van der Waals surface area (Å²) in [7, 11) is 0. The van der Waals surface area contributed by atoms with Crippen molar-refractivity contribution in [1.82, 2.24) is 4.98 Å². The molecular formula is C22H22F4N4OS. The number of nitrogens with one attached hydrogen (secondary N) is 1. The summed E-state index contributed by atoms with van der Waals surface area (Å²) in [4.78, 5) is 20.9. The molecular weight excluding hydrogens is 444 g/mol. The highest BCUT2D eigenvalue weighted by molar-refractivity contribution is 8.13. The van der Waals surface area contributed by atoms with Gasteiger partial charge in [0.15, 0.2) is 5.17 Å². The number of halogens is 4. The number of nitrogens with zero attached hydrogens (tertiary/aromatic N) is 2. The van der Waals surface area contributed by atoms with Gasteiger partial charge in [-0.05, 0) is 49.1 Å². The number of nitrogens with two attached hydrogens (primary N) is 1. The molecule has 5 nitrogen and oxygen atoms in total. The molecule has 2 aromatic rings. The van der Waals surface area contributed by atoms with Gasteiger partial charge in [-0.1, -0.05) is 31.0 Å². The zero-order chi connectivity index (χ0) is 22.9. The van der Waals surface area contributed by atoms with Crippen molar-refractivity contribution in [2.75, 3.05) is 11.1 Å². The number of carbonyl (C=O) groups is 1. The zero-order valence-corrected chi connectivity index (χ0v) is 17.9. The highest BCUT2D eigenvalue weighted by atomic mass is 32.2. The van der Waals surface area contributed by atoms with E-state index in [-0.39, 0.29) is 11.6 Å². The average molecular weight is 467 g/mol. The normalized spacial score (nSPS) is 23.6. The Hall–Kier alpha value is -2.62. The molecule has 0 spiro atoms. The SMILES string of the molecule is NC1=N[C@@]2(c3cc(NC(=O)c4ncccc4C(F)(F)F)ccc3F)CCCCC[C@H]2CS1. The first-order valence-corrected chi connectivity index (χ1v) is 11.3. The highest BCUT2D eigenvalue weighted by Gasteiger charge is 2.45. The number of aliphatic imine (C=N–C) groups is 1. The lowest BCUT2D eigenvalue weighted by Crippen LogP contribution is -2.40. The van der Waals surface area contributed by atoms with Crippen LogP contribution in [0.4, 0.5) is 23.2 Å². The molecule has 1 fully saturated rings. The van der Waals surface area contributed by atoms with Crippen molar-refractivity contribution in [3.63, 3.8) is 0 Å². The first-order chi connectivity index (χ1) is 15.2. The van der Waals surface area contributed by atoms with Crippen LogP contribution in [0.15, 0.2) is 41.5 Å². The van der Waals surface area contributed by atoms with Gasteiger partial charge in [0.1, 0.15) is 11.5 Å². The van der Waals surface area contributed by atoms with Gasteiger partial charge >= 0.3 is 6.18 Å². The minimum Gasteiger partial charge on any atom is -0.379 e. The molecule has 32 heavy (non-hydrogen) atoms. The second-order valence-corrected chi connectivity index (χ2v) is 9.07. The standard InChI is InChI=1S/C22H22F4N4OS/c23-17-8-7-14(29-19(31)18-15(22(24,25)26)6-4-10-28-18)11-16(17)21-9-3-1-2-5-13(21)12-32-20(27)30-21/h4,6-8,10-11,13H,1-3,5,9,12H2,(H2,27,30)(H,29,31)/t13-,21-/m0/s1. The molecule has 4 rings (SSSR count). The van der Waals surface area contributed by atoms with Crippen LogP contribution in [0.3, 0.4) is 0 Å². The predicted octanol–water partition coefficient (Wildman–Crippen LogP) is 5.33. The fourth-order valence-electron chi connectivity index (χ4n) is 4.54. The second kappa shape index (κ2) is 8.73. The Labute approximate surface area is 186 Å². The largest absolute Gasteiger partial charge is 0.418 e. The molecule has 1 amide bonds. The number of pyridine rings is 1. The van der Waals surface area contributed by atoms with Gasteiger partial charge in [0.05, 0.1) is 11.1 Å². The summed E-state index contributed by atoms with van der Waals surface area (Å²) in [6.07, 6.45) is 0.766. The topological polar surface area (TPSA) is 80.4 Å². The maximum Gasteiger partial charge on any atom is 0.418 e. The third kappa shape index (κ3) is 4.32. The summed E-state index contributed by atoms with van der Waals surface area (Å²) in [5.74, 6) is -0.705. The first kappa shape index (κ1) is 22.6. The first-order valence-electron chi connectivity index (χ1n) is 10.3. The molecule has 1 aliphatic heterocycles. The molecule has 1 aliphatic carbocycles. The summed E-state index contributed by atoms with van der Waals surface area (Å²) in [6, 6.07) is 5.90. The number of carbonyl (C=O) groups excluding carboxylic acids is 1.